The van der Waals surface area contributed by atoms with Crippen molar-refractivity contribution in [3.8, 4) is 0 Å². The van der Waals surface area contributed by atoms with Gasteiger partial charge < -0.3 is 14.5 Å². The Morgan fingerprint density at radius 2 is 1.82 bits per heavy atom. The van der Waals surface area contributed by atoms with Gasteiger partial charge in [-0.2, -0.15) is 0 Å². The summed E-state index contributed by atoms with van der Waals surface area (Å²) in [6, 6.07) is 11.1. The predicted octanol–water partition coefficient (Wildman–Crippen LogP) is 0.802. The van der Waals surface area contributed by atoms with E-state index in [4.69, 9.17) is 9.15 Å². The van der Waals surface area contributed by atoms with E-state index in [1.807, 2.05) is 30.3 Å². The molecule has 0 aliphatic rings. The molecule has 0 bridgehead atoms. The first-order valence-corrected chi connectivity index (χ1v) is 8.28. The van der Waals surface area contributed by atoms with Crippen molar-refractivity contribution in [2.45, 2.75) is 13.0 Å². The van der Waals surface area contributed by atoms with Crippen molar-refractivity contribution in [2.24, 2.45) is 0 Å². The Morgan fingerprint density at radius 1 is 1.07 bits per heavy atom. The highest BCUT2D eigenvalue weighted by Gasteiger charge is 2.17. The van der Waals surface area contributed by atoms with E-state index in [9.17, 15) is 19.2 Å². The van der Waals surface area contributed by atoms with Crippen LogP contribution in [0.4, 0.5) is 0 Å². The minimum absolute atomic E-state index is 0.0113. The van der Waals surface area contributed by atoms with Gasteiger partial charge in [0.05, 0.1) is 6.26 Å². The molecule has 1 atom stereocenters. The second-order valence-electron chi connectivity index (χ2n) is 5.56. The summed E-state index contributed by atoms with van der Waals surface area (Å²) in [4.78, 5) is 46.8. The van der Waals surface area contributed by atoms with Crippen molar-refractivity contribution in [3.63, 3.8) is 0 Å². The van der Waals surface area contributed by atoms with Crippen molar-refractivity contribution in [1.29, 1.82) is 0 Å². The first-order chi connectivity index (χ1) is 13.5. The van der Waals surface area contributed by atoms with E-state index >= 15 is 0 Å². The lowest BCUT2D eigenvalue weighted by Gasteiger charge is -2.12. The quantitative estimate of drug-likeness (QED) is 0.368. The highest BCUT2D eigenvalue weighted by atomic mass is 16.5. The van der Waals surface area contributed by atoms with Crippen LogP contribution in [0.3, 0.4) is 0 Å². The average molecular weight is 385 g/mol. The minimum atomic E-state index is -0.960. The number of carbonyl (C=O) groups is 4. The van der Waals surface area contributed by atoms with E-state index in [1.54, 1.807) is 6.08 Å². The van der Waals surface area contributed by atoms with Gasteiger partial charge in [0.2, 0.25) is 5.91 Å². The molecule has 0 radical (unpaired) electrons. The second kappa shape index (κ2) is 10.3. The number of rotatable bonds is 7. The Hall–Kier alpha value is -3.88. The van der Waals surface area contributed by atoms with Crippen LogP contribution in [-0.2, 0) is 19.1 Å². The summed E-state index contributed by atoms with van der Waals surface area (Å²) in [6.07, 6.45) is 4.20. The normalized spacial score (nSPS) is 11.5. The van der Waals surface area contributed by atoms with E-state index < -0.39 is 36.3 Å². The molecule has 28 heavy (non-hydrogen) atoms. The number of carbonyl (C=O) groups excluding carboxylic acids is 4. The maximum atomic E-state index is 11.8. The standard InChI is InChI=1S/C19H19N3O6/c1-13(20-16(23)10-9-14-6-3-2-4-7-14)19(26)28-12-17(24)21-22-18(25)15-8-5-11-27-15/h2-11,13H,12H2,1H3,(H,20,23)(H,21,24)(H,22,25)/b10-9+/t13-/m0/s1. The first-order valence-electron chi connectivity index (χ1n) is 8.28. The number of ether oxygens (including phenoxy) is 1. The van der Waals surface area contributed by atoms with E-state index in [2.05, 4.69) is 16.2 Å². The zero-order valence-electron chi connectivity index (χ0n) is 15.0. The van der Waals surface area contributed by atoms with Crippen LogP contribution in [0.5, 0.6) is 0 Å². The maximum Gasteiger partial charge on any atom is 0.328 e. The number of benzene rings is 1. The monoisotopic (exact) mass is 385 g/mol. The molecule has 9 nitrogen and oxygen atoms in total. The summed E-state index contributed by atoms with van der Waals surface area (Å²) < 4.78 is 9.64. The molecule has 2 aromatic rings. The average Bonchev–Trinajstić information content (AvgIpc) is 3.24. The third-order valence-corrected chi connectivity index (χ3v) is 3.34. The molecule has 0 aliphatic heterocycles. The summed E-state index contributed by atoms with van der Waals surface area (Å²) in [7, 11) is 0. The summed E-state index contributed by atoms with van der Waals surface area (Å²) in [5.41, 5.74) is 5.00. The van der Waals surface area contributed by atoms with Crippen molar-refractivity contribution in [2.75, 3.05) is 6.61 Å². The fraction of sp³-hybridized carbons (Fsp3) is 0.158. The van der Waals surface area contributed by atoms with Crippen LogP contribution >= 0.6 is 0 Å². The third-order valence-electron chi connectivity index (χ3n) is 3.34. The lowest BCUT2D eigenvalue weighted by atomic mass is 10.2. The Morgan fingerprint density at radius 3 is 2.50 bits per heavy atom. The van der Waals surface area contributed by atoms with Crippen LogP contribution in [0.25, 0.3) is 6.08 Å². The molecule has 0 saturated heterocycles. The number of amides is 3. The van der Waals surface area contributed by atoms with Crippen molar-refractivity contribution >= 4 is 29.8 Å². The maximum absolute atomic E-state index is 11.8. The van der Waals surface area contributed by atoms with Gasteiger partial charge in [-0.15, -0.1) is 0 Å². The highest BCUT2D eigenvalue weighted by molar-refractivity contribution is 5.95. The Bertz CT molecular complexity index is 846. The van der Waals surface area contributed by atoms with Crippen LogP contribution in [0.15, 0.2) is 59.2 Å². The van der Waals surface area contributed by atoms with Crippen LogP contribution in [0.2, 0.25) is 0 Å². The molecule has 9 heteroatoms. The van der Waals surface area contributed by atoms with E-state index in [0.717, 1.165) is 5.56 Å². The summed E-state index contributed by atoms with van der Waals surface area (Å²) in [5, 5.41) is 2.43. The Labute approximate surface area is 160 Å². The molecule has 3 N–H and O–H groups in total. The van der Waals surface area contributed by atoms with Gasteiger partial charge in [0.15, 0.2) is 12.4 Å². The number of hydrogen-bond acceptors (Lipinski definition) is 6. The van der Waals surface area contributed by atoms with Gasteiger partial charge in [-0.05, 0) is 30.7 Å². The smallest absolute Gasteiger partial charge is 0.328 e. The zero-order chi connectivity index (χ0) is 20.4. The third kappa shape index (κ3) is 6.79. The van der Waals surface area contributed by atoms with E-state index in [-0.39, 0.29) is 5.76 Å². The molecule has 1 heterocycles. The van der Waals surface area contributed by atoms with Crippen molar-refractivity contribution in [1.82, 2.24) is 16.2 Å². The van der Waals surface area contributed by atoms with Gasteiger partial charge in [0, 0.05) is 6.08 Å². The predicted molar refractivity (Wildman–Crippen MR) is 98.4 cm³/mol. The largest absolute Gasteiger partial charge is 0.459 e. The molecule has 0 aliphatic carbocycles. The van der Waals surface area contributed by atoms with Gasteiger partial charge in [0.25, 0.3) is 5.91 Å². The van der Waals surface area contributed by atoms with Gasteiger partial charge in [-0.3, -0.25) is 25.2 Å². The highest BCUT2D eigenvalue weighted by Crippen LogP contribution is 2.01. The number of nitrogens with one attached hydrogen (secondary N) is 3. The molecule has 1 aromatic carbocycles. The molecule has 0 unspecified atom stereocenters. The fourth-order valence-corrected chi connectivity index (χ4v) is 1.95. The number of hydrogen-bond donors (Lipinski definition) is 3. The Balaban J connectivity index is 1.68. The molecule has 1 aromatic heterocycles. The molecule has 2 rings (SSSR count). The summed E-state index contributed by atoms with van der Waals surface area (Å²) in [6.45, 7) is 0.796. The SMILES string of the molecule is C[C@H](NC(=O)/C=C/c1ccccc1)C(=O)OCC(=O)NNC(=O)c1ccco1. The van der Waals surface area contributed by atoms with Crippen molar-refractivity contribution < 1.29 is 28.3 Å². The molecular weight excluding hydrogens is 366 g/mol. The summed E-state index contributed by atoms with van der Waals surface area (Å²) in [5.74, 6) is -2.68. The van der Waals surface area contributed by atoms with Gasteiger partial charge in [-0.1, -0.05) is 30.3 Å². The Kier molecular flexibility index (Phi) is 7.53. The first kappa shape index (κ1) is 20.4. The van der Waals surface area contributed by atoms with E-state index in [1.165, 1.54) is 31.4 Å². The van der Waals surface area contributed by atoms with Crippen LogP contribution < -0.4 is 16.2 Å². The molecule has 0 spiro atoms. The van der Waals surface area contributed by atoms with Crippen LogP contribution in [0.1, 0.15) is 23.0 Å². The molecular formula is C19H19N3O6. The lowest BCUT2D eigenvalue weighted by Crippen LogP contribution is -2.45. The minimum Gasteiger partial charge on any atom is -0.459 e. The number of furan rings is 1. The topological polar surface area (TPSA) is 127 Å². The molecule has 3 amide bonds. The lowest BCUT2D eigenvalue weighted by molar-refractivity contribution is -0.151. The van der Waals surface area contributed by atoms with Gasteiger partial charge in [0.1, 0.15) is 6.04 Å². The number of esters is 1. The van der Waals surface area contributed by atoms with Crippen molar-refractivity contribution in [3.05, 3.63) is 66.1 Å². The fourth-order valence-electron chi connectivity index (χ4n) is 1.95. The van der Waals surface area contributed by atoms with Gasteiger partial charge in [-0.25, -0.2) is 4.79 Å². The zero-order valence-corrected chi connectivity index (χ0v) is 15.0. The molecule has 0 saturated carbocycles. The second-order valence-corrected chi connectivity index (χ2v) is 5.56. The van der Waals surface area contributed by atoms with Gasteiger partial charge >= 0.3 is 11.9 Å². The van der Waals surface area contributed by atoms with Crippen LogP contribution in [-0.4, -0.2) is 36.3 Å². The molecule has 0 fully saturated rings. The number of hydrazine groups is 1. The van der Waals surface area contributed by atoms with Crippen LogP contribution in [0, 0.1) is 0 Å². The summed E-state index contributed by atoms with van der Waals surface area (Å²) >= 11 is 0. The molecule has 146 valence electrons. The van der Waals surface area contributed by atoms with E-state index in [0.29, 0.717) is 0 Å².